The van der Waals surface area contributed by atoms with Crippen LogP contribution in [0.1, 0.15) is 50.5 Å². The van der Waals surface area contributed by atoms with Crippen LogP contribution in [0, 0.1) is 0 Å². The van der Waals surface area contributed by atoms with Gasteiger partial charge in [0, 0.05) is 19.5 Å². The zero-order valence-corrected chi connectivity index (χ0v) is 17.2. The Labute approximate surface area is 179 Å². The number of rotatable bonds is 13. The third-order valence-electron chi connectivity index (χ3n) is 5.20. The number of hydrogen-bond donors (Lipinski definition) is 3. The predicted molar refractivity (Wildman–Crippen MR) is 107 cm³/mol. The lowest BCUT2D eigenvalue weighted by Gasteiger charge is -2.24. The van der Waals surface area contributed by atoms with Gasteiger partial charge in [0.25, 0.3) is 0 Å². The number of carboxylic acid groups (broad SMARTS) is 1. The number of ether oxygens (including phenoxy) is 1. The van der Waals surface area contributed by atoms with Crippen LogP contribution in [-0.2, 0) is 11.0 Å². The van der Waals surface area contributed by atoms with E-state index in [9.17, 15) is 27.9 Å². The number of aliphatic hydroxyl groups excluding tert-OH is 1. The number of aliphatic hydroxyl groups is 1. The Morgan fingerprint density at radius 2 is 1.87 bits per heavy atom. The van der Waals surface area contributed by atoms with Gasteiger partial charge in [-0.15, -0.1) is 0 Å². The fourth-order valence-corrected chi connectivity index (χ4v) is 3.44. The number of benzene rings is 1. The lowest BCUT2D eigenvalue weighted by Crippen LogP contribution is -2.37. The van der Waals surface area contributed by atoms with Gasteiger partial charge in [-0.3, -0.25) is 4.79 Å². The van der Waals surface area contributed by atoms with Crippen molar-refractivity contribution in [3.8, 4) is 5.75 Å². The van der Waals surface area contributed by atoms with Gasteiger partial charge in [-0.25, -0.2) is 4.79 Å². The van der Waals surface area contributed by atoms with Gasteiger partial charge in [-0.05, 0) is 43.5 Å². The molecule has 0 aromatic heterocycles. The average Bonchev–Trinajstić information content (AvgIpc) is 3.06. The molecule has 1 fully saturated rings. The molecule has 0 aliphatic carbocycles. The van der Waals surface area contributed by atoms with E-state index < -0.39 is 23.8 Å². The van der Waals surface area contributed by atoms with Crippen molar-refractivity contribution < 1.29 is 37.7 Å². The van der Waals surface area contributed by atoms with Crippen molar-refractivity contribution in [3.05, 3.63) is 29.8 Å². The number of hydrogen-bond acceptors (Lipinski definition) is 4. The Kier molecular flexibility index (Phi) is 9.42. The Morgan fingerprint density at radius 3 is 2.52 bits per heavy atom. The van der Waals surface area contributed by atoms with Gasteiger partial charge in [0.05, 0.1) is 17.7 Å². The average molecular weight is 446 g/mol. The van der Waals surface area contributed by atoms with E-state index in [1.54, 1.807) is 4.90 Å². The maximum absolute atomic E-state index is 12.6. The molecule has 7 nitrogen and oxygen atoms in total. The molecule has 2 amide bonds. The van der Waals surface area contributed by atoms with E-state index in [1.165, 1.54) is 12.1 Å². The first-order valence-electron chi connectivity index (χ1n) is 10.4. The second-order valence-corrected chi connectivity index (χ2v) is 7.66. The number of halogens is 3. The minimum atomic E-state index is -4.41. The molecular weight excluding hydrogens is 417 g/mol. The van der Waals surface area contributed by atoms with E-state index in [1.807, 2.05) is 0 Å². The molecule has 3 N–H and O–H groups in total. The molecule has 0 radical (unpaired) electrons. The molecule has 1 aromatic rings. The summed E-state index contributed by atoms with van der Waals surface area (Å²) in [5.41, 5.74) is -0.770. The summed E-state index contributed by atoms with van der Waals surface area (Å²) in [7, 11) is 0. The lowest BCUT2D eigenvalue weighted by atomic mass is 10.1. The number of aliphatic carboxylic acids is 1. The van der Waals surface area contributed by atoms with Crippen molar-refractivity contribution in [1.82, 2.24) is 10.2 Å². The fourth-order valence-electron chi connectivity index (χ4n) is 3.44. The summed E-state index contributed by atoms with van der Waals surface area (Å²) < 4.78 is 43.0. The van der Waals surface area contributed by atoms with Gasteiger partial charge >= 0.3 is 18.2 Å². The van der Waals surface area contributed by atoms with Gasteiger partial charge in [0.1, 0.15) is 12.4 Å². The van der Waals surface area contributed by atoms with Crippen LogP contribution < -0.4 is 10.1 Å². The molecule has 2 rings (SSSR count). The van der Waals surface area contributed by atoms with Crippen molar-refractivity contribution >= 4 is 12.0 Å². The van der Waals surface area contributed by atoms with Crippen LogP contribution >= 0.6 is 0 Å². The third-order valence-corrected chi connectivity index (χ3v) is 5.20. The van der Waals surface area contributed by atoms with Gasteiger partial charge in [0.15, 0.2) is 0 Å². The molecule has 1 aromatic carbocycles. The minimum absolute atomic E-state index is 0.0232. The number of alkyl halides is 3. The van der Waals surface area contributed by atoms with Crippen LogP contribution in [0.3, 0.4) is 0 Å². The third kappa shape index (κ3) is 8.64. The first kappa shape index (κ1) is 24.8. The summed E-state index contributed by atoms with van der Waals surface area (Å²) >= 11 is 0. The molecule has 0 spiro atoms. The molecule has 1 saturated heterocycles. The van der Waals surface area contributed by atoms with Crippen LogP contribution in [0.4, 0.5) is 18.0 Å². The molecule has 31 heavy (non-hydrogen) atoms. The van der Waals surface area contributed by atoms with Crippen molar-refractivity contribution in [2.24, 2.45) is 0 Å². The maximum Gasteiger partial charge on any atom is 0.416 e. The summed E-state index contributed by atoms with van der Waals surface area (Å²) in [5, 5.41) is 21.6. The van der Waals surface area contributed by atoms with E-state index >= 15 is 0 Å². The fraction of sp³-hybridized carbons (Fsp3) is 0.619. The molecular formula is C21H29F3N2O5. The molecule has 1 heterocycles. The highest BCUT2D eigenvalue weighted by atomic mass is 19.4. The van der Waals surface area contributed by atoms with Crippen LogP contribution in [0.25, 0.3) is 0 Å². The summed E-state index contributed by atoms with van der Waals surface area (Å²) in [4.78, 5) is 24.2. The van der Waals surface area contributed by atoms with E-state index in [4.69, 9.17) is 9.84 Å². The van der Waals surface area contributed by atoms with Crippen LogP contribution in [-0.4, -0.2) is 59.0 Å². The van der Waals surface area contributed by atoms with E-state index in [0.29, 0.717) is 19.5 Å². The number of amides is 2. The molecule has 0 bridgehead atoms. The van der Waals surface area contributed by atoms with Gasteiger partial charge in [-0.2, -0.15) is 13.2 Å². The Balaban J connectivity index is 1.68. The van der Waals surface area contributed by atoms with Crippen molar-refractivity contribution in [2.75, 3.05) is 19.7 Å². The monoisotopic (exact) mass is 446 g/mol. The first-order valence-corrected chi connectivity index (χ1v) is 10.4. The Hall–Kier alpha value is -2.49. The summed E-state index contributed by atoms with van der Waals surface area (Å²) in [6, 6.07) is 4.08. The quantitative estimate of drug-likeness (QED) is 0.402. The molecule has 10 heteroatoms. The van der Waals surface area contributed by atoms with E-state index in [0.717, 1.165) is 37.8 Å². The van der Waals surface area contributed by atoms with Gasteiger partial charge < -0.3 is 25.2 Å². The summed E-state index contributed by atoms with van der Waals surface area (Å²) in [6.45, 7) is 0.786. The number of urea groups is 1. The minimum Gasteiger partial charge on any atom is -0.491 e. The smallest absolute Gasteiger partial charge is 0.416 e. The van der Waals surface area contributed by atoms with Crippen LogP contribution in [0.2, 0.25) is 0 Å². The maximum atomic E-state index is 12.6. The zero-order valence-electron chi connectivity index (χ0n) is 17.2. The lowest BCUT2D eigenvalue weighted by molar-refractivity contribution is -0.138. The normalized spacial score (nSPS) is 17.5. The number of nitrogens with one attached hydrogen (secondary N) is 1. The first-order chi connectivity index (χ1) is 14.7. The van der Waals surface area contributed by atoms with Crippen molar-refractivity contribution in [1.29, 1.82) is 0 Å². The molecule has 2 unspecified atom stereocenters. The Bertz CT molecular complexity index is 712. The largest absolute Gasteiger partial charge is 0.491 e. The van der Waals surface area contributed by atoms with E-state index in [2.05, 4.69) is 5.32 Å². The van der Waals surface area contributed by atoms with Gasteiger partial charge in [-0.1, -0.05) is 19.3 Å². The molecule has 1 aliphatic rings. The van der Waals surface area contributed by atoms with Crippen LogP contribution in [0.5, 0.6) is 5.75 Å². The highest BCUT2D eigenvalue weighted by Gasteiger charge is 2.31. The molecule has 1 aliphatic heterocycles. The Morgan fingerprint density at radius 1 is 1.19 bits per heavy atom. The molecule has 2 atom stereocenters. The highest BCUT2D eigenvalue weighted by Crippen LogP contribution is 2.30. The number of nitrogens with zero attached hydrogens (tertiary/aromatic N) is 1. The zero-order chi connectivity index (χ0) is 22.9. The predicted octanol–water partition coefficient (Wildman–Crippen LogP) is 3.65. The summed E-state index contributed by atoms with van der Waals surface area (Å²) in [5.74, 6) is -0.565. The van der Waals surface area contributed by atoms with Crippen molar-refractivity contribution in [3.63, 3.8) is 0 Å². The number of carbonyl (C=O) groups excluding carboxylic acids is 1. The SMILES string of the molecule is O=C(O)CCCCCCC1CNC(=O)N1CCC(O)COc1ccc(C(F)(F)F)cc1. The second kappa shape index (κ2) is 11.8. The molecule has 0 saturated carbocycles. The van der Waals surface area contributed by atoms with Crippen molar-refractivity contribution in [2.45, 2.75) is 63.3 Å². The topological polar surface area (TPSA) is 99.1 Å². The standard InChI is InChI=1S/C21H29F3N2O5/c22-21(23,24)15-7-9-18(10-8-15)31-14-17(27)11-12-26-16(13-25-20(26)30)5-3-1-2-4-6-19(28)29/h7-10,16-17,27H,1-6,11-14H2,(H,25,30)(H,28,29). The number of carbonyl (C=O) groups is 2. The van der Waals surface area contributed by atoms with Gasteiger partial charge in [0.2, 0.25) is 0 Å². The van der Waals surface area contributed by atoms with E-state index in [-0.39, 0.29) is 37.3 Å². The highest BCUT2D eigenvalue weighted by molar-refractivity contribution is 5.76. The van der Waals surface area contributed by atoms with Crippen LogP contribution in [0.15, 0.2) is 24.3 Å². The number of unbranched alkanes of at least 4 members (excludes halogenated alkanes) is 3. The molecule has 174 valence electrons. The second-order valence-electron chi connectivity index (χ2n) is 7.66. The number of carboxylic acids is 1. The summed E-state index contributed by atoms with van der Waals surface area (Å²) in [6.07, 6.45) is -0.775.